The van der Waals surface area contributed by atoms with Crippen molar-refractivity contribution in [3.05, 3.63) is 96.7 Å². The standard InChI is InChI=1S/C32H38N6O6S/c1-31(2,3)43-29(39)23-37(30(40)44-32(4,5)6)28-12-7-10-25(35-28)22-36(45(41,42)27-11-8-17-33-20-27)21-24-13-15-26(16-14-24)38-19-9-18-34-38/h7-20H,21-23H2,1-6H3. The van der Waals surface area contributed by atoms with Crippen LogP contribution in [-0.4, -0.2) is 62.3 Å². The Morgan fingerprint density at radius 2 is 1.56 bits per heavy atom. The molecule has 13 heteroatoms. The number of ether oxygens (including phenoxy) is 2. The number of benzene rings is 1. The van der Waals surface area contributed by atoms with Crippen molar-refractivity contribution in [2.45, 2.75) is 70.7 Å². The second kappa shape index (κ2) is 13.6. The molecule has 12 nitrogen and oxygen atoms in total. The summed E-state index contributed by atoms with van der Waals surface area (Å²) in [5, 5.41) is 4.23. The molecule has 0 N–H and O–H groups in total. The van der Waals surface area contributed by atoms with Crippen LogP contribution in [0.5, 0.6) is 0 Å². The third kappa shape index (κ3) is 9.43. The van der Waals surface area contributed by atoms with Crippen molar-refractivity contribution in [2.75, 3.05) is 11.4 Å². The summed E-state index contributed by atoms with van der Waals surface area (Å²) in [6.45, 7) is 9.74. The van der Waals surface area contributed by atoms with Gasteiger partial charge in [-0.05, 0) is 89.6 Å². The van der Waals surface area contributed by atoms with Gasteiger partial charge in [-0.25, -0.2) is 22.9 Å². The molecule has 0 radical (unpaired) electrons. The summed E-state index contributed by atoms with van der Waals surface area (Å²) >= 11 is 0. The Kier molecular flexibility index (Phi) is 10.0. The molecule has 0 atom stereocenters. The number of hydrogen-bond donors (Lipinski definition) is 0. The molecule has 1 amide bonds. The van der Waals surface area contributed by atoms with Gasteiger partial charge in [0.15, 0.2) is 0 Å². The molecule has 0 aliphatic heterocycles. The van der Waals surface area contributed by atoms with Crippen LogP contribution in [-0.2, 0) is 37.4 Å². The highest BCUT2D eigenvalue weighted by Gasteiger charge is 2.30. The fourth-order valence-electron chi connectivity index (χ4n) is 4.20. The number of rotatable bonds is 10. The number of aromatic nitrogens is 4. The maximum absolute atomic E-state index is 13.9. The molecule has 0 aliphatic carbocycles. The van der Waals surface area contributed by atoms with Crippen LogP contribution in [0.1, 0.15) is 52.8 Å². The zero-order valence-corrected chi connectivity index (χ0v) is 27.1. The van der Waals surface area contributed by atoms with E-state index in [0.29, 0.717) is 5.69 Å². The van der Waals surface area contributed by atoms with Gasteiger partial charge in [-0.3, -0.25) is 14.7 Å². The summed E-state index contributed by atoms with van der Waals surface area (Å²) in [6, 6.07) is 17.0. The van der Waals surface area contributed by atoms with Crippen molar-refractivity contribution in [2.24, 2.45) is 0 Å². The average Bonchev–Trinajstić information content (AvgIpc) is 3.50. The highest BCUT2D eigenvalue weighted by molar-refractivity contribution is 7.89. The summed E-state index contributed by atoms with van der Waals surface area (Å²) < 4.78 is 41.7. The van der Waals surface area contributed by atoms with Gasteiger partial charge in [0.05, 0.1) is 17.9 Å². The fourth-order valence-corrected chi connectivity index (χ4v) is 5.56. The van der Waals surface area contributed by atoms with Crippen LogP contribution < -0.4 is 4.90 Å². The molecule has 238 valence electrons. The smallest absolute Gasteiger partial charge is 0.416 e. The van der Waals surface area contributed by atoms with Gasteiger partial charge in [0.25, 0.3) is 0 Å². The molecular formula is C32H38N6O6S. The lowest BCUT2D eigenvalue weighted by Gasteiger charge is -2.28. The van der Waals surface area contributed by atoms with Crippen LogP contribution in [0, 0.1) is 0 Å². The quantitative estimate of drug-likeness (QED) is 0.217. The van der Waals surface area contributed by atoms with E-state index < -0.39 is 39.8 Å². The molecule has 0 saturated carbocycles. The zero-order valence-electron chi connectivity index (χ0n) is 26.2. The van der Waals surface area contributed by atoms with Gasteiger partial charge < -0.3 is 9.47 Å². The van der Waals surface area contributed by atoms with Crippen LogP contribution >= 0.6 is 0 Å². The molecule has 0 bridgehead atoms. The highest BCUT2D eigenvalue weighted by Crippen LogP contribution is 2.23. The lowest BCUT2D eigenvalue weighted by atomic mass is 10.2. The number of pyridine rings is 2. The second-order valence-electron chi connectivity index (χ2n) is 12.2. The minimum atomic E-state index is -4.03. The Morgan fingerprint density at radius 1 is 0.844 bits per heavy atom. The number of anilines is 1. The normalized spacial score (nSPS) is 12.2. The van der Waals surface area contributed by atoms with Crippen molar-refractivity contribution in [1.29, 1.82) is 0 Å². The molecule has 3 aromatic heterocycles. The molecule has 0 spiro atoms. The molecular weight excluding hydrogens is 596 g/mol. The summed E-state index contributed by atoms with van der Waals surface area (Å²) in [5.41, 5.74) is 0.277. The first kappa shape index (κ1) is 33.3. The highest BCUT2D eigenvalue weighted by atomic mass is 32.2. The van der Waals surface area contributed by atoms with E-state index in [1.54, 1.807) is 76.7 Å². The van der Waals surface area contributed by atoms with E-state index in [4.69, 9.17) is 9.47 Å². The summed E-state index contributed by atoms with van der Waals surface area (Å²) in [4.78, 5) is 35.7. The Balaban J connectivity index is 1.66. The third-order valence-electron chi connectivity index (χ3n) is 6.06. The Labute approximate surface area is 263 Å². The van der Waals surface area contributed by atoms with E-state index in [0.717, 1.165) is 16.2 Å². The molecule has 4 aromatic rings. The van der Waals surface area contributed by atoms with E-state index in [2.05, 4.69) is 15.1 Å². The molecule has 0 fully saturated rings. The zero-order chi connectivity index (χ0) is 32.8. The van der Waals surface area contributed by atoms with Gasteiger partial charge in [0.2, 0.25) is 10.0 Å². The van der Waals surface area contributed by atoms with E-state index in [1.165, 1.54) is 22.8 Å². The first-order valence-electron chi connectivity index (χ1n) is 14.3. The van der Waals surface area contributed by atoms with E-state index in [1.807, 2.05) is 36.5 Å². The first-order valence-corrected chi connectivity index (χ1v) is 15.7. The lowest BCUT2D eigenvalue weighted by molar-refractivity contribution is -0.153. The minimum absolute atomic E-state index is 0.0228. The largest absolute Gasteiger partial charge is 0.459 e. The monoisotopic (exact) mass is 634 g/mol. The number of carbonyl (C=O) groups is 2. The van der Waals surface area contributed by atoms with Gasteiger partial charge in [0, 0.05) is 31.3 Å². The first-order chi connectivity index (χ1) is 21.1. The molecule has 0 saturated heterocycles. The van der Waals surface area contributed by atoms with Crippen molar-refractivity contribution in [3.63, 3.8) is 0 Å². The topological polar surface area (TPSA) is 137 Å². The van der Waals surface area contributed by atoms with Gasteiger partial charge in [0.1, 0.15) is 28.5 Å². The van der Waals surface area contributed by atoms with E-state index in [9.17, 15) is 18.0 Å². The molecule has 0 unspecified atom stereocenters. The lowest BCUT2D eigenvalue weighted by Crippen LogP contribution is -2.42. The van der Waals surface area contributed by atoms with Gasteiger partial charge in [-0.15, -0.1) is 0 Å². The predicted octanol–water partition coefficient (Wildman–Crippen LogP) is 5.14. The van der Waals surface area contributed by atoms with Crippen LogP contribution in [0.4, 0.5) is 10.6 Å². The number of nitrogens with zero attached hydrogens (tertiary/aromatic N) is 6. The number of amides is 1. The summed E-state index contributed by atoms with van der Waals surface area (Å²) in [5.74, 6) is -0.546. The fraction of sp³-hybridized carbons (Fsp3) is 0.344. The molecule has 0 aliphatic rings. The van der Waals surface area contributed by atoms with Crippen molar-refractivity contribution < 1.29 is 27.5 Å². The van der Waals surface area contributed by atoms with Crippen LogP contribution in [0.15, 0.2) is 90.3 Å². The average molecular weight is 635 g/mol. The maximum atomic E-state index is 13.9. The van der Waals surface area contributed by atoms with Crippen molar-refractivity contribution in [3.8, 4) is 5.69 Å². The van der Waals surface area contributed by atoms with Crippen LogP contribution in [0.2, 0.25) is 0 Å². The summed E-state index contributed by atoms with van der Waals surface area (Å²) in [6.07, 6.45) is 5.48. The van der Waals surface area contributed by atoms with Gasteiger partial charge >= 0.3 is 12.1 Å². The Morgan fingerprint density at radius 3 is 2.16 bits per heavy atom. The molecule has 4 rings (SSSR count). The summed E-state index contributed by atoms with van der Waals surface area (Å²) in [7, 11) is -4.03. The third-order valence-corrected chi connectivity index (χ3v) is 7.84. The molecule has 45 heavy (non-hydrogen) atoms. The van der Waals surface area contributed by atoms with E-state index in [-0.39, 0.29) is 23.8 Å². The van der Waals surface area contributed by atoms with Gasteiger partial charge in [-0.1, -0.05) is 18.2 Å². The van der Waals surface area contributed by atoms with Crippen LogP contribution in [0.3, 0.4) is 0 Å². The van der Waals surface area contributed by atoms with Crippen molar-refractivity contribution in [1.82, 2.24) is 24.1 Å². The number of esters is 1. The maximum Gasteiger partial charge on any atom is 0.416 e. The van der Waals surface area contributed by atoms with Crippen molar-refractivity contribution >= 4 is 27.9 Å². The van der Waals surface area contributed by atoms with Gasteiger partial charge in [-0.2, -0.15) is 9.40 Å². The molecule has 3 heterocycles. The second-order valence-corrected chi connectivity index (χ2v) is 14.2. The molecule has 1 aromatic carbocycles. The van der Waals surface area contributed by atoms with E-state index >= 15 is 0 Å². The number of sulfonamides is 1. The Hall–Kier alpha value is -4.62. The SMILES string of the molecule is CC(C)(C)OC(=O)CN(C(=O)OC(C)(C)C)c1cccc(CN(Cc2ccc(-n3cccn3)cc2)S(=O)(=O)c2cccnc2)n1. The number of hydrogen-bond acceptors (Lipinski definition) is 9. The Bertz CT molecular complexity index is 1700. The minimum Gasteiger partial charge on any atom is -0.459 e. The van der Waals surface area contributed by atoms with Crippen LogP contribution in [0.25, 0.3) is 5.69 Å². The predicted molar refractivity (Wildman–Crippen MR) is 168 cm³/mol. The number of carbonyl (C=O) groups excluding carboxylic acids is 2.